The average molecular weight is 377 g/mol. The summed E-state index contributed by atoms with van der Waals surface area (Å²) in [6.45, 7) is 19.4. The van der Waals surface area contributed by atoms with Crippen LogP contribution in [0.15, 0.2) is 36.9 Å². The van der Waals surface area contributed by atoms with Gasteiger partial charge in [-0.25, -0.2) is 4.79 Å². The number of hydrogen-bond donors (Lipinski definition) is 0. The summed E-state index contributed by atoms with van der Waals surface area (Å²) in [7, 11) is 0. The molecule has 0 amide bonds. The summed E-state index contributed by atoms with van der Waals surface area (Å²) < 4.78 is 16.2. The van der Waals surface area contributed by atoms with E-state index in [2.05, 4.69) is 60.3 Å². The van der Waals surface area contributed by atoms with E-state index in [1.165, 1.54) is 5.56 Å². The quantitative estimate of drug-likeness (QED) is 0.239. The molecule has 1 rings (SSSR count). The summed E-state index contributed by atoms with van der Waals surface area (Å²) in [4.78, 5) is 11.0. The molecule has 0 aliphatic rings. The molecule has 2 atom stereocenters. The summed E-state index contributed by atoms with van der Waals surface area (Å²) in [5, 5.41) is 0. The molecule has 1 aromatic rings. The molecule has 0 radical (unpaired) electrons. The SMILES string of the molecule is C=CC(=O)OCCOC(C)Oc1ccc(C(CC(C)(C)C)C(C)(C)C)cc1. The van der Waals surface area contributed by atoms with E-state index in [4.69, 9.17) is 14.2 Å². The largest absolute Gasteiger partial charge is 0.465 e. The predicted octanol–water partition coefficient (Wildman–Crippen LogP) is 5.72. The number of carbonyl (C=O) groups excluding carboxylic acids is 1. The Bertz CT molecular complexity index is 590. The molecule has 0 aromatic heterocycles. The molecular formula is C23H36O4. The standard InChI is InChI=1S/C23H36O4/c1-9-21(24)26-15-14-25-17(2)27-19-12-10-18(11-13-19)20(23(6,7)8)16-22(3,4)5/h9-13,17,20H,1,14-16H2,2-8H3. The third kappa shape index (κ3) is 9.09. The average Bonchev–Trinajstić information content (AvgIpc) is 2.55. The van der Waals surface area contributed by atoms with Crippen LogP contribution in [0.2, 0.25) is 0 Å². The van der Waals surface area contributed by atoms with Gasteiger partial charge in [-0.1, -0.05) is 60.3 Å². The van der Waals surface area contributed by atoms with Crippen molar-refractivity contribution in [2.75, 3.05) is 13.2 Å². The Kier molecular flexibility index (Phi) is 8.55. The van der Waals surface area contributed by atoms with Gasteiger partial charge in [-0.2, -0.15) is 0 Å². The molecule has 27 heavy (non-hydrogen) atoms. The summed E-state index contributed by atoms with van der Waals surface area (Å²) in [6, 6.07) is 8.29. The van der Waals surface area contributed by atoms with E-state index in [0.29, 0.717) is 5.92 Å². The molecule has 1 aromatic carbocycles. The minimum absolute atomic E-state index is 0.178. The van der Waals surface area contributed by atoms with Crippen LogP contribution in [-0.4, -0.2) is 25.5 Å². The van der Waals surface area contributed by atoms with E-state index in [0.717, 1.165) is 18.2 Å². The van der Waals surface area contributed by atoms with Crippen molar-refractivity contribution in [3.05, 3.63) is 42.5 Å². The van der Waals surface area contributed by atoms with Gasteiger partial charge in [0, 0.05) is 6.08 Å². The second kappa shape index (κ2) is 9.93. The maximum atomic E-state index is 11.0. The fraction of sp³-hybridized carbons (Fsp3) is 0.609. The number of rotatable bonds is 9. The highest BCUT2D eigenvalue weighted by atomic mass is 16.7. The van der Waals surface area contributed by atoms with Gasteiger partial charge in [0.2, 0.25) is 0 Å². The molecule has 4 heteroatoms. The molecule has 0 saturated carbocycles. The van der Waals surface area contributed by atoms with Crippen LogP contribution < -0.4 is 4.74 Å². The van der Waals surface area contributed by atoms with E-state index in [-0.39, 0.29) is 24.0 Å². The van der Waals surface area contributed by atoms with Crippen molar-refractivity contribution in [2.24, 2.45) is 10.8 Å². The Morgan fingerprint density at radius 2 is 1.67 bits per heavy atom. The number of benzene rings is 1. The maximum absolute atomic E-state index is 11.0. The monoisotopic (exact) mass is 376 g/mol. The highest BCUT2D eigenvalue weighted by Crippen LogP contribution is 2.43. The van der Waals surface area contributed by atoms with Crippen LogP contribution >= 0.6 is 0 Å². The lowest BCUT2D eigenvalue weighted by Gasteiger charge is -2.36. The van der Waals surface area contributed by atoms with Gasteiger partial charge in [-0.05, 0) is 47.8 Å². The minimum atomic E-state index is -0.452. The van der Waals surface area contributed by atoms with Crippen LogP contribution in [0.1, 0.15) is 66.4 Å². The predicted molar refractivity (Wildman–Crippen MR) is 110 cm³/mol. The van der Waals surface area contributed by atoms with E-state index >= 15 is 0 Å². The van der Waals surface area contributed by atoms with Crippen LogP contribution in [0, 0.1) is 10.8 Å². The van der Waals surface area contributed by atoms with Crippen LogP contribution in [0.5, 0.6) is 5.75 Å². The summed E-state index contributed by atoms with van der Waals surface area (Å²) in [6.07, 6.45) is 1.83. The Morgan fingerprint density at radius 3 is 2.15 bits per heavy atom. The Labute approximate surface area is 164 Å². The molecule has 0 spiro atoms. The minimum Gasteiger partial charge on any atom is -0.465 e. The van der Waals surface area contributed by atoms with Crippen LogP contribution in [0.3, 0.4) is 0 Å². The molecule has 0 aliphatic carbocycles. The van der Waals surface area contributed by atoms with Gasteiger partial charge in [-0.15, -0.1) is 0 Å². The first-order valence-electron chi connectivity index (χ1n) is 9.60. The van der Waals surface area contributed by atoms with Crippen molar-refractivity contribution in [1.82, 2.24) is 0 Å². The highest BCUT2D eigenvalue weighted by molar-refractivity contribution is 5.81. The van der Waals surface area contributed by atoms with E-state index in [1.807, 2.05) is 19.1 Å². The number of ether oxygens (including phenoxy) is 3. The molecule has 4 nitrogen and oxygen atoms in total. The smallest absolute Gasteiger partial charge is 0.330 e. The first-order valence-corrected chi connectivity index (χ1v) is 9.60. The fourth-order valence-electron chi connectivity index (χ4n) is 2.96. The van der Waals surface area contributed by atoms with E-state index in [9.17, 15) is 4.79 Å². The lowest BCUT2D eigenvalue weighted by molar-refractivity contribution is -0.142. The van der Waals surface area contributed by atoms with Crippen LogP contribution in [0.25, 0.3) is 0 Å². The van der Waals surface area contributed by atoms with Gasteiger partial charge in [-0.3, -0.25) is 0 Å². The first kappa shape index (κ1) is 23.2. The van der Waals surface area contributed by atoms with Gasteiger partial charge in [0.1, 0.15) is 12.4 Å². The van der Waals surface area contributed by atoms with E-state index in [1.54, 1.807) is 0 Å². The molecule has 0 N–H and O–H groups in total. The molecule has 0 fully saturated rings. The summed E-state index contributed by atoms with van der Waals surface area (Å²) in [5.74, 6) is 0.781. The zero-order valence-electron chi connectivity index (χ0n) is 18.0. The Hall–Kier alpha value is -1.81. The normalized spacial score (nSPS) is 14.3. The lowest BCUT2D eigenvalue weighted by Crippen LogP contribution is -2.24. The highest BCUT2D eigenvalue weighted by Gasteiger charge is 2.30. The number of esters is 1. The molecule has 0 heterocycles. The molecule has 152 valence electrons. The third-order valence-corrected chi connectivity index (χ3v) is 4.29. The topological polar surface area (TPSA) is 44.8 Å². The second-order valence-corrected chi connectivity index (χ2v) is 9.18. The first-order chi connectivity index (χ1) is 12.4. The molecule has 0 aliphatic heterocycles. The van der Waals surface area contributed by atoms with Crippen molar-refractivity contribution in [3.63, 3.8) is 0 Å². The lowest BCUT2D eigenvalue weighted by atomic mass is 9.69. The maximum Gasteiger partial charge on any atom is 0.330 e. The Morgan fingerprint density at radius 1 is 1.07 bits per heavy atom. The molecule has 0 bridgehead atoms. The van der Waals surface area contributed by atoms with Gasteiger partial charge in [0.25, 0.3) is 0 Å². The molecule has 2 unspecified atom stereocenters. The van der Waals surface area contributed by atoms with Gasteiger partial charge in [0.15, 0.2) is 6.29 Å². The van der Waals surface area contributed by atoms with Crippen molar-refractivity contribution >= 4 is 5.97 Å². The number of carbonyl (C=O) groups is 1. The Balaban J connectivity index is 2.63. The third-order valence-electron chi connectivity index (χ3n) is 4.29. The van der Waals surface area contributed by atoms with Crippen molar-refractivity contribution in [1.29, 1.82) is 0 Å². The van der Waals surface area contributed by atoms with Gasteiger partial charge < -0.3 is 14.2 Å². The molecular weight excluding hydrogens is 340 g/mol. The van der Waals surface area contributed by atoms with Gasteiger partial charge in [0.05, 0.1) is 6.61 Å². The second-order valence-electron chi connectivity index (χ2n) is 9.18. The fourth-order valence-corrected chi connectivity index (χ4v) is 2.96. The zero-order valence-corrected chi connectivity index (χ0v) is 18.0. The number of hydrogen-bond acceptors (Lipinski definition) is 4. The van der Waals surface area contributed by atoms with Crippen molar-refractivity contribution in [3.8, 4) is 5.75 Å². The van der Waals surface area contributed by atoms with Crippen LogP contribution in [0.4, 0.5) is 0 Å². The summed E-state index contributed by atoms with van der Waals surface area (Å²) in [5.41, 5.74) is 1.79. The van der Waals surface area contributed by atoms with Crippen molar-refractivity contribution < 1.29 is 19.0 Å². The summed E-state index contributed by atoms with van der Waals surface area (Å²) >= 11 is 0. The van der Waals surface area contributed by atoms with Crippen molar-refractivity contribution in [2.45, 2.75) is 67.1 Å². The van der Waals surface area contributed by atoms with E-state index < -0.39 is 12.3 Å². The molecule has 0 saturated heterocycles. The van der Waals surface area contributed by atoms with Gasteiger partial charge >= 0.3 is 5.97 Å². The van der Waals surface area contributed by atoms with Crippen LogP contribution in [-0.2, 0) is 14.3 Å². The zero-order chi connectivity index (χ0) is 20.7.